The summed E-state index contributed by atoms with van der Waals surface area (Å²) in [7, 11) is 0. The van der Waals surface area contributed by atoms with Gasteiger partial charge in [-0.25, -0.2) is 0 Å². The first-order valence-electron chi connectivity index (χ1n) is 3.86. The lowest BCUT2D eigenvalue weighted by atomic mass is 10.1. The molecule has 1 N–H and O–H groups in total. The Labute approximate surface area is 81.2 Å². The van der Waals surface area contributed by atoms with E-state index in [9.17, 15) is 4.79 Å². The highest BCUT2D eigenvalue weighted by molar-refractivity contribution is 5.70. The van der Waals surface area contributed by atoms with Gasteiger partial charge in [-0.2, -0.15) is 9.59 Å². The van der Waals surface area contributed by atoms with Gasteiger partial charge in [0.05, 0.1) is 6.42 Å². The van der Waals surface area contributed by atoms with Gasteiger partial charge in [-0.3, -0.25) is 4.79 Å². The number of carbonyl (C=O) groups is 1. The first-order chi connectivity index (χ1) is 6.60. The van der Waals surface area contributed by atoms with E-state index in [1.165, 1.54) is 0 Å². The van der Waals surface area contributed by atoms with Crippen molar-refractivity contribution in [1.82, 2.24) is 0 Å². The fourth-order valence-electron chi connectivity index (χ4n) is 0.881. The standard InChI is InChI=1S/C9H10O2.CO2/c1-7-2-4-8(5-3-7)6-9(10)11;2-1-3/h2-5H,6H2,1H3,(H,10,11);. The fraction of sp³-hybridized carbons (Fsp3) is 0.200. The molecular formula is C10H10O4. The summed E-state index contributed by atoms with van der Waals surface area (Å²) in [5.41, 5.74) is 2.00. The van der Waals surface area contributed by atoms with Crippen LogP contribution < -0.4 is 0 Å². The summed E-state index contributed by atoms with van der Waals surface area (Å²) in [5.74, 6) is -0.783. The third kappa shape index (κ3) is 5.69. The van der Waals surface area contributed by atoms with Crippen LogP contribution in [0.4, 0.5) is 0 Å². The van der Waals surface area contributed by atoms with Crippen LogP contribution in [0.1, 0.15) is 11.1 Å². The molecule has 1 rings (SSSR count). The highest BCUT2D eigenvalue weighted by Gasteiger charge is 1.97. The van der Waals surface area contributed by atoms with Gasteiger partial charge in [-0.15, -0.1) is 0 Å². The summed E-state index contributed by atoms with van der Waals surface area (Å²) in [6, 6.07) is 7.50. The number of carboxylic acid groups (broad SMARTS) is 1. The fourth-order valence-corrected chi connectivity index (χ4v) is 0.881. The maximum atomic E-state index is 10.3. The Morgan fingerprint density at radius 1 is 1.29 bits per heavy atom. The number of benzene rings is 1. The van der Waals surface area contributed by atoms with Gasteiger partial charge in [-0.05, 0) is 12.5 Å². The molecule has 4 heteroatoms. The van der Waals surface area contributed by atoms with Gasteiger partial charge in [0, 0.05) is 0 Å². The molecule has 0 spiro atoms. The largest absolute Gasteiger partial charge is 0.481 e. The Morgan fingerprint density at radius 3 is 2.07 bits per heavy atom. The van der Waals surface area contributed by atoms with Crippen molar-refractivity contribution in [3.63, 3.8) is 0 Å². The van der Waals surface area contributed by atoms with Crippen molar-refractivity contribution in [3.05, 3.63) is 35.4 Å². The molecule has 0 aliphatic heterocycles. The van der Waals surface area contributed by atoms with Crippen LogP contribution in [0, 0.1) is 6.92 Å². The normalized spacial score (nSPS) is 8.07. The van der Waals surface area contributed by atoms with Crippen LogP contribution >= 0.6 is 0 Å². The van der Waals surface area contributed by atoms with Gasteiger partial charge in [-0.1, -0.05) is 29.8 Å². The number of rotatable bonds is 2. The van der Waals surface area contributed by atoms with Crippen molar-refractivity contribution < 1.29 is 19.5 Å². The minimum absolute atomic E-state index is 0.111. The molecule has 1 aromatic rings. The quantitative estimate of drug-likeness (QED) is 0.763. The molecule has 0 radical (unpaired) electrons. The number of aryl methyl sites for hydroxylation is 1. The molecule has 0 aromatic heterocycles. The topological polar surface area (TPSA) is 71.4 Å². The van der Waals surface area contributed by atoms with E-state index in [2.05, 4.69) is 0 Å². The van der Waals surface area contributed by atoms with Gasteiger partial charge < -0.3 is 5.11 Å². The van der Waals surface area contributed by atoms with Crippen molar-refractivity contribution in [2.24, 2.45) is 0 Å². The van der Waals surface area contributed by atoms with Crippen molar-refractivity contribution in [1.29, 1.82) is 0 Å². The molecule has 74 valence electrons. The molecule has 0 aliphatic rings. The molecule has 0 saturated heterocycles. The Bertz CT molecular complexity index is 320. The Kier molecular flexibility index (Phi) is 5.67. The summed E-state index contributed by atoms with van der Waals surface area (Å²) >= 11 is 0. The molecular weight excluding hydrogens is 184 g/mol. The van der Waals surface area contributed by atoms with Crippen LogP contribution in [0.15, 0.2) is 24.3 Å². The molecule has 4 nitrogen and oxygen atoms in total. The van der Waals surface area contributed by atoms with Gasteiger partial charge in [0.1, 0.15) is 0 Å². The van der Waals surface area contributed by atoms with Crippen LogP contribution in [0.2, 0.25) is 0 Å². The number of aliphatic carboxylic acids is 1. The van der Waals surface area contributed by atoms with Crippen LogP contribution in [-0.4, -0.2) is 17.2 Å². The van der Waals surface area contributed by atoms with Crippen molar-refractivity contribution >= 4 is 12.1 Å². The number of hydrogen-bond donors (Lipinski definition) is 1. The Hall–Kier alpha value is -1.93. The number of carbonyl (C=O) groups excluding carboxylic acids is 2. The lowest BCUT2D eigenvalue weighted by molar-refractivity contribution is -0.191. The molecule has 0 heterocycles. The zero-order valence-corrected chi connectivity index (χ0v) is 7.69. The third-order valence-electron chi connectivity index (χ3n) is 1.48. The van der Waals surface area contributed by atoms with Crippen molar-refractivity contribution in [3.8, 4) is 0 Å². The SMILES string of the molecule is Cc1ccc(CC(=O)O)cc1.O=C=O. The zero-order valence-electron chi connectivity index (χ0n) is 7.69. The van der Waals surface area contributed by atoms with Crippen molar-refractivity contribution in [2.45, 2.75) is 13.3 Å². The van der Waals surface area contributed by atoms with Crippen LogP contribution in [0.25, 0.3) is 0 Å². The van der Waals surface area contributed by atoms with E-state index in [0.717, 1.165) is 11.1 Å². The van der Waals surface area contributed by atoms with Crippen LogP contribution in [-0.2, 0) is 20.8 Å². The summed E-state index contributed by atoms with van der Waals surface area (Å²) in [6.45, 7) is 1.98. The van der Waals surface area contributed by atoms with Gasteiger partial charge in [0.2, 0.25) is 0 Å². The first-order valence-corrected chi connectivity index (χ1v) is 3.86. The number of carboxylic acids is 1. The first kappa shape index (κ1) is 12.1. The van der Waals surface area contributed by atoms with Crippen LogP contribution in [0.5, 0.6) is 0 Å². The van der Waals surface area contributed by atoms with E-state index in [1.54, 1.807) is 0 Å². The second kappa shape index (κ2) is 6.57. The molecule has 1 aromatic carbocycles. The van der Waals surface area contributed by atoms with E-state index in [1.807, 2.05) is 31.2 Å². The van der Waals surface area contributed by atoms with E-state index >= 15 is 0 Å². The minimum atomic E-state index is -0.783. The smallest absolute Gasteiger partial charge is 0.373 e. The van der Waals surface area contributed by atoms with E-state index < -0.39 is 5.97 Å². The van der Waals surface area contributed by atoms with Gasteiger partial charge >= 0.3 is 12.1 Å². The number of hydrogen-bond acceptors (Lipinski definition) is 3. The highest BCUT2D eigenvalue weighted by atomic mass is 16.4. The minimum Gasteiger partial charge on any atom is -0.481 e. The average molecular weight is 194 g/mol. The zero-order chi connectivity index (χ0) is 11.0. The summed E-state index contributed by atoms with van der Waals surface area (Å²) in [6.07, 6.45) is 0.361. The molecule has 0 fully saturated rings. The molecule has 0 unspecified atom stereocenters. The molecule has 0 amide bonds. The van der Waals surface area contributed by atoms with Gasteiger partial charge in [0.25, 0.3) is 0 Å². The second-order valence-electron chi connectivity index (χ2n) is 2.64. The van der Waals surface area contributed by atoms with E-state index in [-0.39, 0.29) is 12.6 Å². The second-order valence-corrected chi connectivity index (χ2v) is 2.64. The summed E-state index contributed by atoms with van der Waals surface area (Å²) in [5, 5.41) is 8.44. The maximum Gasteiger partial charge on any atom is 0.373 e. The molecule has 0 saturated carbocycles. The lowest BCUT2D eigenvalue weighted by Gasteiger charge is -1.96. The summed E-state index contributed by atoms with van der Waals surface area (Å²) < 4.78 is 0. The molecule has 0 bridgehead atoms. The maximum absolute atomic E-state index is 10.3. The monoisotopic (exact) mass is 194 g/mol. The molecule has 14 heavy (non-hydrogen) atoms. The highest BCUT2D eigenvalue weighted by Crippen LogP contribution is 2.03. The third-order valence-corrected chi connectivity index (χ3v) is 1.48. The van der Waals surface area contributed by atoms with Crippen molar-refractivity contribution in [2.75, 3.05) is 0 Å². The Balaban J connectivity index is 0.000000500. The Morgan fingerprint density at radius 2 is 1.71 bits per heavy atom. The van der Waals surface area contributed by atoms with Gasteiger partial charge in [0.15, 0.2) is 0 Å². The average Bonchev–Trinajstić information content (AvgIpc) is 2.09. The predicted octanol–water partition coefficient (Wildman–Crippen LogP) is 1.04. The predicted molar refractivity (Wildman–Crippen MR) is 47.5 cm³/mol. The molecule has 0 atom stereocenters. The van der Waals surface area contributed by atoms with E-state index in [4.69, 9.17) is 14.7 Å². The summed E-state index contributed by atoms with van der Waals surface area (Å²) in [4.78, 5) is 26.5. The van der Waals surface area contributed by atoms with Crippen LogP contribution in [0.3, 0.4) is 0 Å². The van der Waals surface area contributed by atoms with E-state index in [0.29, 0.717) is 0 Å². The molecule has 0 aliphatic carbocycles. The lowest BCUT2D eigenvalue weighted by Crippen LogP contribution is -1.99.